The molecule has 2 aromatic carbocycles. The number of pyridine rings is 1. The summed E-state index contributed by atoms with van der Waals surface area (Å²) in [5.41, 5.74) is 1.73. The number of rotatable bonds is 5. The summed E-state index contributed by atoms with van der Waals surface area (Å²) in [6.45, 7) is 2.08. The van der Waals surface area contributed by atoms with Crippen molar-refractivity contribution in [2.24, 2.45) is 0 Å². The number of methoxy groups -OCH3 is 1. The highest BCUT2D eigenvalue weighted by molar-refractivity contribution is 5.98. The number of benzene rings is 2. The van der Waals surface area contributed by atoms with E-state index in [0.29, 0.717) is 28.9 Å². The van der Waals surface area contributed by atoms with Crippen LogP contribution in [0.25, 0.3) is 21.9 Å². The highest BCUT2D eigenvalue weighted by atomic mass is 19.1. The van der Waals surface area contributed by atoms with E-state index in [1.165, 1.54) is 13.2 Å². The van der Waals surface area contributed by atoms with Gasteiger partial charge in [-0.25, -0.2) is 4.39 Å². The van der Waals surface area contributed by atoms with Gasteiger partial charge in [-0.2, -0.15) is 0 Å². The minimum Gasteiger partial charge on any atom is -0.496 e. The normalized spacial score (nSPS) is 10.7. The van der Waals surface area contributed by atoms with Gasteiger partial charge < -0.3 is 9.47 Å². The number of hydrogen-bond donors (Lipinski definition) is 0. The highest BCUT2D eigenvalue weighted by Gasteiger charge is 2.16. The molecule has 0 atom stereocenters. The number of carbonyl (C=O) groups excluding carboxylic acids is 1. The Hall–Kier alpha value is -2.95. The standard InChI is InChI=1S/C20H18FNO3/c1-3-25-19(23)11-13-4-7-18(24-2)15(10-13)20-16-12-22-9-8-14(16)5-6-17(20)21/h4-10,12H,3,11H2,1-2H3. The molecule has 0 aliphatic heterocycles. The number of hydrogen-bond acceptors (Lipinski definition) is 4. The Morgan fingerprint density at radius 2 is 2.04 bits per heavy atom. The van der Waals surface area contributed by atoms with Crippen LogP contribution < -0.4 is 4.74 Å². The maximum absolute atomic E-state index is 14.7. The van der Waals surface area contributed by atoms with Gasteiger partial charge in [0.15, 0.2) is 0 Å². The van der Waals surface area contributed by atoms with Crippen LogP contribution in [0.3, 0.4) is 0 Å². The SMILES string of the molecule is CCOC(=O)Cc1ccc(OC)c(-c2c(F)ccc3ccncc23)c1. The molecule has 0 aliphatic carbocycles. The van der Waals surface area contributed by atoms with Crippen LogP contribution in [0, 0.1) is 5.82 Å². The predicted molar refractivity (Wildman–Crippen MR) is 94.0 cm³/mol. The molecule has 0 fully saturated rings. The first kappa shape index (κ1) is 16.9. The van der Waals surface area contributed by atoms with E-state index < -0.39 is 0 Å². The van der Waals surface area contributed by atoms with Crippen molar-refractivity contribution in [2.75, 3.05) is 13.7 Å². The lowest BCUT2D eigenvalue weighted by Gasteiger charge is -2.14. The molecule has 0 aliphatic rings. The summed E-state index contributed by atoms with van der Waals surface area (Å²) in [7, 11) is 1.53. The lowest BCUT2D eigenvalue weighted by molar-refractivity contribution is -0.142. The van der Waals surface area contributed by atoms with Gasteiger partial charge in [0.05, 0.1) is 20.1 Å². The van der Waals surface area contributed by atoms with Crippen molar-refractivity contribution >= 4 is 16.7 Å². The second-order valence-corrected chi connectivity index (χ2v) is 5.54. The summed E-state index contributed by atoms with van der Waals surface area (Å²) < 4.78 is 25.1. The van der Waals surface area contributed by atoms with Gasteiger partial charge in [0.25, 0.3) is 0 Å². The van der Waals surface area contributed by atoms with Crippen molar-refractivity contribution in [1.29, 1.82) is 0 Å². The lowest BCUT2D eigenvalue weighted by Crippen LogP contribution is -2.07. The highest BCUT2D eigenvalue weighted by Crippen LogP contribution is 2.37. The number of ether oxygens (including phenoxy) is 2. The molecule has 128 valence electrons. The van der Waals surface area contributed by atoms with Gasteiger partial charge in [-0.05, 0) is 42.1 Å². The van der Waals surface area contributed by atoms with E-state index in [2.05, 4.69) is 4.98 Å². The van der Waals surface area contributed by atoms with Gasteiger partial charge >= 0.3 is 5.97 Å². The first-order chi connectivity index (χ1) is 12.1. The molecular formula is C20H18FNO3. The molecule has 0 spiro atoms. The third-order valence-corrected chi connectivity index (χ3v) is 3.96. The Morgan fingerprint density at radius 1 is 1.20 bits per heavy atom. The van der Waals surface area contributed by atoms with Crippen LogP contribution in [-0.4, -0.2) is 24.7 Å². The molecule has 4 nitrogen and oxygen atoms in total. The first-order valence-corrected chi connectivity index (χ1v) is 7.99. The van der Waals surface area contributed by atoms with Gasteiger partial charge in [0.2, 0.25) is 0 Å². The fraction of sp³-hybridized carbons (Fsp3) is 0.200. The quantitative estimate of drug-likeness (QED) is 0.655. The van der Waals surface area contributed by atoms with Crippen molar-refractivity contribution in [3.63, 3.8) is 0 Å². The van der Waals surface area contributed by atoms with E-state index in [-0.39, 0.29) is 18.2 Å². The fourth-order valence-corrected chi connectivity index (χ4v) is 2.85. The average molecular weight is 339 g/mol. The van der Waals surface area contributed by atoms with E-state index in [1.807, 2.05) is 6.07 Å². The topological polar surface area (TPSA) is 48.4 Å². The molecule has 0 N–H and O–H groups in total. The zero-order valence-electron chi connectivity index (χ0n) is 14.1. The van der Waals surface area contributed by atoms with Crippen LogP contribution in [0.1, 0.15) is 12.5 Å². The molecule has 25 heavy (non-hydrogen) atoms. The van der Waals surface area contributed by atoms with Crippen molar-refractivity contribution in [3.8, 4) is 16.9 Å². The average Bonchev–Trinajstić information content (AvgIpc) is 2.62. The Kier molecular flexibility index (Phi) is 4.93. The van der Waals surface area contributed by atoms with Crippen LogP contribution in [0.15, 0.2) is 48.8 Å². The summed E-state index contributed by atoms with van der Waals surface area (Å²) >= 11 is 0. The largest absolute Gasteiger partial charge is 0.496 e. The van der Waals surface area contributed by atoms with Crippen LogP contribution >= 0.6 is 0 Å². The molecule has 1 aromatic heterocycles. The molecule has 0 saturated heterocycles. The Labute approximate surface area is 145 Å². The summed E-state index contributed by atoms with van der Waals surface area (Å²) in [6.07, 6.45) is 3.42. The number of fused-ring (bicyclic) bond motifs is 1. The fourth-order valence-electron chi connectivity index (χ4n) is 2.85. The molecule has 3 aromatic rings. The zero-order chi connectivity index (χ0) is 17.8. The molecule has 0 unspecified atom stereocenters. The second kappa shape index (κ2) is 7.30. The van der Waals surface area contributed by atoms with Crippen LogP contribution in [0.4, 0.5) is 4.39 Å². The van der Waals surface area contributed by atoms with Gasteiger partial charge in [0.1, 0.15) is 11.6 Å². The monoisotopic (exact) mass is 339 g/mol. The first-order valence-electron chi connectivity index (χ1n) is 7.99. The summed E-state index contributed by atoms with van der Waals surface area (Å²) in [6, 6.07) is 10.2. The van der Waals surface area contributed by atoms with Gasteiger partial charge in [-0.3, -0.25) is 9.78 Å². The van der Waals surface area contributed by atoms with Crippen LogP contribution in [-0.2, 0) is 16.0 Å². The van der Waals surface area contributed by atoms with Crippen molar-refractivity contribution in [2.45, 2.75) is 13.3 Å². The molecule has 5 heteroatoms. The third kappa shape index (κ3) is 3.45. The zero-order valence-corrected chi connectivity index (χ0v) is 14.1. The Balaban J connectivity index is 2.16. The molecule has 3 rings (SSSR count). The van der Waals surface area contributed by atoms with E-state index in [4.69, 9.17) is 9.47 Å². The minimum atomic E-state index is -0.368. The van der Waals surface area contributed by atoms with E-state index in [1.54, 1.807) is 43.6 Å². The van der Waals surface area contributed by atoms with Crippen molar-refractivity contribution in [1.82, 2.24) is 4.98 Å². The van der Waals surface area contributed by atoms with E-state index in [9.17, 15) is 9.18 Å². The molecule has 0 amide bonds. The van der Waals surface area contributed by atoms with Crippen LogP contribution in [0.5, 0.6) is 5.75 Å². The summed E-state index contributed by atoms with van der Waals surface area (Å²) in [4.78, 5) is 15.9. The molecule has 1 heterocycles. The van der Waals surface area contributed by atoms with Gasteiger partial charge in [-0.1, -0.05) is 12.1 Å². The molecular weight excluding hydrogens is 321 g/mol. The summed E-state index contributed by atoms with van der Waals surface area (Å²) in [5.74, 6) is -0.159. The van der Waals surface area contributed by atoms with Crippen molar-refractivity contribution in [3.05, 3.63) is 60.2 Å². The molecule has 0 bridgehead atoms. The predicted octanol–water partition coefficient (Wildman–Crippen LogP) is 4.16. The minimum absolute atomic E-state index is 0.121. The maximum atomic E-state index is 14.7. The number of halogens is 1. The van der Waals surface area contributed by atoms with Gasteiger partial charge in [-0.15, -0.1) is 0 Å². The maximum Gasteiger partial charge on any atom is 0.310 e. The van der Waals surface area contributed by atoms with Gasteiger partial charge in [0, 0.05) is 28.9 Å². The van der Waals surface area contributed by atoms with Crippen molar-refractivity contribution < 1.29 is 18.7 Å². The third-order valence-electron chi connectivity index (χ3n) is 3.96. The smallest absolute Gasteiger partial charge is 0.310 e. The number of aromatic nitrogens is 1. The number of nitrogens with zero attached hydrogens (tertiary/aromatic N) is 1. The Bertz CT molecular complexity index is 924. The van der Waals surface area contributed by atoms with E-state index in [0.717, 1.165) is 10.9 Å². The Morgan fingerprint density at radius 3 is 2.80 bits per heavy atom. The van der Waals surface area contributed by atoms with Crippen LogP contribution in [0.2, 0.25) is 0 Å². The summed E-state index contributed by atoms with van der Waals surface area (Å²) in [5, 5.41) is 1.57. The second-order valence-electron chi connectivity index (χ2n) is 5.54. The van der Waals surface area contributed by atoms with E-state index >= 15 is 0 Å². The number of carbonyl (C=O) groups is 1. The molecule has 0 saturated carbocycles. The molecule has 0 radical (unpaired) electrons. The number of esters is 1. The lowest BCUT2D eigenvalue weighted by atomic mass is 9.96.